The van der Waals surface area contributed by atoms with Gasteiger partial charge in [0.15, 0.2) is 0 Å². The maximum absolute atomic E-state index is 12.4. The van der Waals surface area contributed by atoms with E-state index in [1.54, 1.807) is 7.05 Å². The highest BCUT2D eigenvalue weighted by atomic mass is 35.5. The molecular formula is C11H19ClF2N4O2S. The lowest BCUT2D eigenvalue weighted by Crippen LogP contribution is -2.46. The van der Waals surface area contributed by atoms with Crippen LogP contribution in [-0.4, -0.2) is 55.1 Å². The van der Waals surface area contributed by atoms with Crippen molar-refractivity contribution in [3.05, 3.63) is 12.4 Å². The zero-order valence-electron chi connectivity index (χ0n) is 11.6. The van der Waals surface area contributed by atoms with Crippen molar-refractivity contribution in [2.75, 3.05) is 20.1 Å². The largest absolute Gasteiger partial charge is 0.316 e. The van der Waals surface area contributed by atoms with Crippen LogP contribution in [0.5, 0.6) is 0 Å². The number of likely N-dealkylation sites (N-methyl/N-ethyl adjacent to an activating group) is 1. The third-order valence-corrected chi connectivity index (χ3v) is 5.18. The van der Waals surface area contributed by atoms with Gasteiger partial charge in [0.2, 0.25) is 10.0 Å². The molecule has 1 fully saturated rings. The van der Waals surface area contributed by atoms with E-state index in [4.69, 9.17) is 0 Å². The van der Waals surface area contributed by atoms with Crippen molar-refractivity contribution in [2.24, 2.45) is 0 Å². The molecule has 1 atom stereocenters. The van der Waals surface area contributed by atoms with E-state index in [0.29, 0.717) is 13.1 Å². The number of sulfonamides is 1. The van der Waals surface area contributed by atoms with Gasteiger partial charge in [-0.05, 0) is 19.9 Å². The Labute approximate surface area is 129 Å². The number of nitrogens with zero attached hydrogens (tertiary/aromatic N) is 3. The molecule has 1 aliphatic rings. The van der Waals surface area contributed by atoms with E-state index in [0.717, 1.165) is 29.9 Å². The fourth-order valence-electron chi connectivity index (χ4n) is 2.26. The molecule has 1 N–H and O–H groups in total. The van der Waals surface area contributed by atoms with Gasteiger partial charge in [0.1, 0.15) is 11.4 Å². The maximum atomic E-state index is 12.4. The summed E-state index contributed by atoms with van der Waals surface area (Å²) in [5.41, 5.74) is 0. The fourth-order valence-corrected chi connectivity index (χ4v) is 3.74. The van der Waals surface area contributed by atoms with Crippen LogP contribution >= 0.6 is 12.4 Å². The van der Waals surface area contributed by atoms with Crippen LogP contribution in [0.4, 0.5) is 8.78 Å². The average molecular weight is 345 g/mol. The van der Waals surface area contributed by atoms with Crippen molar-refractivity contribution < 1.29 is 17.2 Å². The smallest absolute Gasteiger partial charge is 0.257 e. The molecule has 0 spiro atoms. The standard InChI is InChI=1S/C11H18F2N4O2S.ClH/c1-14-9-3-2-4-17(6-9)20(18,19)10-5-15-16(7-10)8-11(12)13;/h5,7,9,11,14H,2-4,6,8H2,1H3;1H. The molecule has 2 heterocycles. The molecule has 0 aromatic carbocycles. The molecule has 2 rings (SSSR count). The number of hydrogen-bond donors (Lipinski definition) is 1. The van der Waals surface area contributed by atoms with Crippen molar-refractivity contribution in [1.82, 2.24) is 19.4 Å². The first-order chi connectivity index (χ1) is 9.43. The molecule has 1 aliphatic heterocycles. The van der Waals surface area contributed by atoms with E-state index in [1.807, 2.05) is 0 Å². The second-order valence-corrected chi connectivity index (χ2v) is 6.72. The van der Waals surface area contributed by atoms with Crippen LogP contribution in [0, 0.1) is 0 Å². The number of aromatic nitrogens is 2. The van der Waals surface area contributed by atoms with Crippen LogP contribution in [-0.2, 0) is 16.6 Å². The highest BCUT2D eigenvalue weighted by Gasteiger charge is 2.30. The van der Waals surface area contributed by atoms with E-state index < -0.39 is 23.0 Å². The predicted molar refractivity (Wildman–Crippen MR) is 76.3 cm³/mol. The van der Waals surface area contributed by atoms with Crippen LogP contribution in [0.2, 0.25) is 0 Å². The Morgan fingerprint density at radius 3 is 2.86 bits per heavy atom. The van der Waals surface area contributed by atoms with Gasteiger partial charge in [0.25, 0.3) is 6.43 Å². The van der Waals surface area contributed by atoms with Gasteiger partial charge in [0, 0.05) is 25.3 Å². The molecule has 0 amide bonds. The lowest BCUT2D eigenvalue weighted by atomic mass is 10.1. The number of piperidine rings is 1. The highest BCUT2D eigenvalue weighted by molar-refractivity contribution is 7.89. The zero-order valence-corrected chi connectivity index (χ0v) is 13.2. The first kappa shape index (κ1) is 18.3. The Morgan fingerprint density at radius 2 is 2.24 bits per heavy atom. The lowest BCUT2D eigenvalue weighted by Gasteiger charge is -2.31. The van der Waals surface area contributed by atoms with Crippen molar-refractivity contribution in [3.8, 4) is 0 Å². The molecule has 0 radical (unpaired) electrons. The molecule has 10 heteroatoms. The Balaban J connectivity index is 0.00000220. The van der Waals surface area contributed by atoms with Gasteiger partial charge in [-0.15, -0.1) is 12.4 Å². The molecule has 1 unspecified atom stereocenters. The summed E-state index contributed by atoms with van der Waals surface area (Å²) in [5.74, 6) is 0. The quantitative estimate of drug-likeness (QED) is 0.863. The normalized spacial score (nSPS) is 20.5. The van der Waals surface area contributed by atoms with Gasteiger partial charge in [-0.1, -0.05) is 0 Å². The average Bonchev–Trinajstić information content (AvgIpc) is 2.87. The first-order valence-corrected chi connectivity index (χ1v) is 7.85. The summed E-state index contributed by atoms with van der Waals surface area (Å²) in [6.45, 7) is 0.230. The van der Waals surface area contributed by atoms with E-state index in [-0.39, 0.29) is 23.3 Å². The van der Waals surface area contributed by atoms with Crippen LogP contribution in [0.1, 0.15) is 12.8 Å². The topological polar surface area (TPSA) is 67.2 Å². The van der Waals surface area contributed by atoms with Crippen LogP contribution < -0.4 is 5.32 Å². The van der Waals surface area contributed by atoms with Crippen molar-refractivity contribution in [1.29, 1.82) is 0 Å². The fraction of sp³-hybridized carbons (Fsp3) is 0.727. The Bertz CT molecular complexity index is 552. The van der Waals surface area contributed by atoms with E-state index in [2.05, 4.69) is 10.4 Å². The van der Waals surface area contributed by atoms with Crippen molar-refractivity contribution in [2.45, 2.75) is 36.7 Å². The van der Waals surface area contributed by atoms with Crippen LogP contribution in [0.25, 0.3) is 0 Å². The predicted octanol–water partition coefficient (Wildman–Crippen LogP) is 0.942. The van der Waals surface area contributed by atoms with Gasteiger partial charge in [0.05, 0.1) is 6.20 Å². The first-order valence-electron chi connectivity index (χ1n) is 6.41. The third kappa shape index (κ3) is 4.35. The summed E-state index contributed by atoms with van der Waals surface area (Å²) in [6, 6.07) is 0.120. The van der Waals surface area contributed by atoms with Gasteiger partial charge in [-0.25, -0.2) is 17.2 Å². The molecule has 6 nitrogen and oxygen atoms in total. The minimum atomic E-state index is -3.65. The molecule has 1 aromatic heterocycles. The minimum absolute atomic E-state index is 0. The molecule has 0 bridgehead atoms. The van der Waals surface area contributed by atoms with Gasteiger partial charge < -0.3 is 5.32 Å². The summed E-state index contributed by atoms with van der Waals surface area (Å²) < 4.78 is 51.6. The van der Waals surface area contributed by atoms with Gasteiger partial charge in [-0.2, -0.15) is 9.40 Å². The lowest BCUT2D eigenvalue weighted by molar-refractivity contribution is 0.121. The maximum Gasteiger partial charge on any atom is 0.257 e. The number of hydrogen-bond acceptors (Lipinski definition) is 4. The monoisotopic (exact) mass is 344 g/mol. The summed E-state index contributed by atoms with van der Waals surface area (Å²) >= 11 is 0. The summed E-state index contributed by atoms with van der Waals surface area (Å²) in [4.78, 5) is -0.0325. The summed E-state index contributed by atoms with van der Waals surface area (Å²) in [6.07, 6.45) is 1.42. The molecule has 0 aliphatic carbocycles. The molecule has 21 heavy (non-hydrogen) atoms. The van der Waals surface area contributed by atoms with E-state index >= 15 is 0 Å². The summed E-state index contributed by atoms with van der Waals surface area (Å²) in [5, 5.41) is 6.73. The number of nitrogens with one attached hydrogen (secondary N) is 1. The minimum Gasteiger partial charge on any atom is -0.316 e. The molecule has 1 saturated heterocycles. The summed E-state index contributed by atoms with van der Waals surface area (Å²) in [7, 11) is -1.86. The number of alkyl halides is 2. The second-order valence-electron chi connectivity index (χ2n) is 4.78. The van der Waals surface area contributed by atoms with Crippen LogP contribution in [0.15, 0.2) is 17.3 Å². The SMILES string of the molecule is CNC1CCCN(S(=O)(=O)c2cnn(CC(F)F)c2)C1.Cl. The molecule has 122 valence electrons. The molecule has 0 saturated carbocycles. The zero-order chi connectivity index (χ0) is 14.8. The second kappa shape index (κ2) is 7.48. The van der Waals surface area contributed by atoms with Gasteiger partial charge >= 0.3 is 0 Å². The van der Waals surface area contributed by atoms with E-state index in [9.17, 15) is 17.2 Å². The number of halogens is 3. The van der Waals surface area contributed by atoms with E-state index in [1.165, 1.54) is 4.31 Å². The molecule has 1 aromatic rings. The number of rotatable bonds is 5. The Hall–Kier alpha value is -0.770. The van der Waals surface area contributed by atoms with Crippen molar-refractivity contribution >= 4 is 22.4 Å². The third-order valence-electron chi connectivity index (χ3n) is 3.36. The Morgan fingerprint density at radius 1 is 1.52 bits per heavy atom. The molecular weight excluding hydrogens is 326 g/mol. The Kier molecular flexibility index (Phi) is 6.51. The highest BCUT2D eigenvalue weighted by Crippen LogP contribution is 2.20. The van der Waals surface area contributed by atoms with Crippen molar-refractivity contribution in [3.63, 3.8) is 0 Å². The van der Waals surface area contributed by atoms with Gasteiger partial charge in [-0.3, -0.25) is 4.68 Å². The van der Waals surface area contributed by atoms with Crippen LogP contribution in [0.3, 0.4) is 0 Å².